The van der Waals surface area contributed by atoms with E-state index in [1.54, 1.807) is 5.56 Å². The predicted octanol–water partition coefficient (Wildman–Crippen LogP) is 6.27. The molecule has 20 heavy (non-hydrogen) atoms. The fourth-order valence-corrected chi connectivity index (χ4v) is 3.64. The Morgan fingerprint density at radius 3 is 1.75 bits per heavy atom. The highest BCUT2D eigenvalue weighted by molar-refractivity contribution is 5.81. The zero-order valence-electron chi connectivity index (χ0n) is 14.3. The summed E-state index contributed by atoms with van der Waals surface area (Å²) in [5, 5.41) is 0. The van der Waals surface area contributed by atoms with Crippen LogP contribution < -0.4 is 0 Å². The van der Waals surface area contributed by atoms with Crippen molar-refractivity contribution < 1.29 is 0 Å². The second-order valence-electron chi connectivity index (χ2n) is 6.80. The largest absolute Gasteiger partial charge is 0.0587 e. The summed E-state index contributed by atoms with van der Waals surface area (Å²) in [7, 11) is 0. The first-order valence-corrected chi connectivity index (χ1v) is 7.80. The summed E-state index contributed by atoms with van der Waals surface area (Å²) < 4.78 is 0. The summed E-state index contributed by atoms with van der Waals surface area (Å²) in [6.07, 6.45) is 0. The van der Waals surface area contributed by atoms with Gasteiger partial charge in [0.25, 0.3) is 0 Å². The molecule has 0 heteroatoms. The Kier molecular flexibility index (Phi) is 3.95. The number of hydrogen-bond donors (Lipinski definition) is 0. The Bertz CT molecular complexity index is 615. The van der Waals surface area contributed by atoms with Gasteiger partial charge in [-0.05, 0) is 84.0 Å². The molecule has 0 spiro atoms. The third kappa shape index (κ3) is 2.16. The molecule has 0 aromatic rings. The van der Waals surface area contributed by atoms with Crippen LogP contribution in [0.3, 0.4) is 0 Å². The highest BCUT2D eigenvalue weighted by Crippen LogP contribution is 2.41. The van der Waals surface area contributed by atoms with Gasteiger partial charge in [0.2, 0.25) is 0 Å². The maximum Gasteiger partial charge on any atom is -0.0117 e. The van der Waals surface area contributed by atoms with Crippen LogP contribution in [0.15, 0.2) is 12.1 Å². The van der Waals surface area contributed by atoms with E-state index in [0.29, 0.717) is 11.8 Å². The predicted molar refractivity (Wildman–Crippen MR) is 90.2 cm³/mol. The molecule has 0 fully saturated rings. The lowest BCUT2D eigenvalue weighted by atomic mass is 9.88. The van der Waals surface area contributed by atoms with E-state index in [4.69, 9.17) is 0 Å². The van der Waals surface area contributed by atoms with Gasteiger partial charge in [0, 0.05) is 0 Å². The Labute approximate surface area is 124 Å². The molecule has 0 nitrogen and oxygen atoms in total. The molecule has 108 valence electrons. The van der Waals surface area contributed by atoms with Crippen molar-refractivity contribution >= 4 is 0 Å². The van der Waals surface area contributed by atoms with E-state index in [1.165, 1.54) is 38.9 Å². The van der Waals surface area contributed by atoms with Crippen molar-refractivity contribution in [1.82, 2.24) is 0 Å². The van der Waals surface area contributed by atoms with Crippen molar-refractivity contribution in [3.63, 3.8) is 0 Å². The fraction of sp³-hybridized carbons (Fsp3) is 0.500. The maximum atomic E-state index is 2.36. The summed E-state index contributed by atoms with van der Waals surface area (Å²) in [4.78, 5) is 0. The van der Waals surface area contributed by atoms with Crippen molar-refractivity contribution in [2.24, 2.45) is 0 Å². The molecule has 2 aliphatic rings. The van der Waals surface area contributed by atoms with E-state index in [0.717, 1.165) is 0 Å². The van der Waals surface area contributed by atoms with Crippen molar-refractivity contribution in [2.45, 2.75) is 67.2 Å². The highest BCUT2D eigenvalue weighted by atomic mass is 14.3. The molecule has 0 aliphatic heterocycles. The molecular weight excluding hydrogens is 240 g/mol. The van der Waals surface area contributed by atoms with Crippen LogP contribution in [0.4, 0.5) is 0 Å². The van der Waals surface area contributed by atoms with Gasteiger partial charge in [-0.15, -0.1) is 0 Å². The standard InChI is InChI=1S/C20H28/c1-11(2)17-9-10-18-14(6)13(5)15(7)20(18)16(8)19(17)12(3)4/h9-12H,1-8H3. The van der Waals surface area contributed by atoms with Crippen molar-refractivity contribution in [3.8, 4) is 11.1 Å². The van der Waals surface area contributed by atoms with Crippen molar-refractivity contribution in [2.75, 3.05) is 0 Å². The molecule has 0 radical (unpaired) electrons. The molecule has 0 heterocycles. The fourth-order valence-electron chi connectivity index (χ4n) is 3.64. The molecule has 0 unspecified atom stereocenters. The van der Waals surface area contributed by atoms with Gasteiger partial charge in [-0.2, -0.15) is 0 Å². The van der Waals surface area contributed by atoms with Gasteiger partial charge in [-0.25, -0.2) is 0 Å². The van der Waals surface area contributed by atoms with Crippen LogP contribution in [0.25, 0.3) is 11.1 Å². The molecule has 0 saturated heterocycles. The highest BCUT2D eigenvalue weighted by Gasteiger charge is 2.21. The molecule has 0 atom stereocenters. The third-order valence-corrected chi connectivity index (χ3v) is 4.89. The van der Waals surface area contributed by atoms with E-state index in [9.17, 15) is 0 Å². The van der Waals surface area contributed by atoms with Gasteiger partial charge in [0.05, 0.1) is 0 Å². The minimum atomic E-state index is 0.568. The average molecular weight is 268 g/mol. The second kappa shape index (κ2) is 5.24. The zero-order valence-corrected chi connectivity index (χ0v) is 14.3. The van der Waals surface area contributed by atoms with E-state index >= 15 is 0 Å². The van der Waals surface area contributed by atoms with Crippen LogP contribution in [-0.2, 0) is 0 Å². The van der Waals surface area contributed by atoms with Crippen LogP contribution in [0.1, 0.15) is 72.9 Å². The van der Waals surface area contributed by atoms with Crippen molar-refractivity contribution in [1.29, 1.82) is 0 Å². The molecule has 2 aliphatic carbocycles. The second-order valence-corrected chi connectivity index (χ2v) is 6.80. The van der Waals surface area contributed by atoms with E-state index in [2.05, 4.69) is 67.5 Å². The first-order valence-electron chi connectivity index (χ1n) is 7.80. The maximum absolute atomic E-state index is 2.36. The minimum Gasteiger partial charge on any atom is -0.0587 e. The summed E-state index contributed by atoms with van der Waals surface area (Å²) in [6, 6.07) is 4.71. The molecule has 0 N–H and O–H groups in total. The average Bonchev–Trinajstić information content (AvgIpc) is 2.51. The third-order valence-electron chi connectivity index (χ3n) is 4.89. The summed E-state index contributed by atoms with van der Waals surface area (Å²) in [5.74, 6) is 1.14. The van der Waals surface area contributed by atoms with Crippen LogP contribution in [0, 0.1) is 27.7 Å². The Hall–Kier alpha value is -1.30. The summed E-state index contributed by atoms with van der Waals surface area (Å²) in [5.41, 5.74) is 11.8. The SMILES string of the molecule is Cc1c2ccc(C(C)C)c(C(C)C)c(C)c-2c(C)c1C. The Balaban J connectivity index is 2.96. The van der Waals surface area contributed by atoms with Gasteiger partial charge in [0.1, 0.15) is 0 Å². The Morgan fingerprint density at radius 1 is 0.650 bits per heavy atom. The summed E-state index contributed by atoms with van der Waals surface area (Å²) >= 11 is 0. The van der Waals surface area contributed by atoms with Gasteiger partial charge in [-0.3, -0.25) is 0 Å². The number of hydrogen-bond acceptors (Lipinski definition) is 0. The van der Waals surface area contributed by atoms with Crippen molar-refractivity contribution in [3.05, 3.63) is 45.5 Å². The topological polar surface area (TPSA) is 0 Å². The molecule has 0 aromatic carbocycles. The van der Waals surface area contributed by atoms with Crippen LogP contribution >= 0.6 is 0 Å². The zero-order chi connectivity index (χ0) is 15.2. The Morgan fingerprint density at radius 2 is 1.25 bits per heavy atom. The minimum absolute atomic E-state index is 0.568. The molecule has 0 amide bonds. The van der Waals surface area contributed by atoms with Gasteiger partial charge in [0.15, 0.2) is 0 Å². The summed E-state index contributed by atoms with van der Waals surface area (Å²) in [6.45, 7) is 18.3. The lowest BCUT2D eigenvalue weighted by Crippen LogP contribution is -1.99. The molecular formula is C20H28. The van der Waals surface area contributed by atoms with Crippen LogP contribution in [0.5, 0.6) is 0 Å². The lowest BCUT2D eigenvalue weighted by molar-refractivity contribution is 0.787. The lowest BCUT2D eigenvalue weighted by Gasteiger charge is -2.17. The van der Waals surface area contributed by atoms with Crippen LogP contribution in [0.2, 0.25) is 0 Å². The van der Waals surface area contributed by atoms with Gasteiger partial charge in [-0.1, -0.05) is 39.8 Å². The van der Waals surface area contributed by atoms with E-state index in [1.807, 2.05) is 0 Å². The van der Waals surface area contributed by atoms with E-state index in [-0.39, 0.29) is 0 Å². The monoisotopic (exact) mass is 268 g/mol. The van der Waals surface area contributed by atoms with Gasteiger partial charge < -0.3 is 0 Å². The molecule has 0 bridgehead atoms. The molecule has 0 saturated carbocycles. The first-order chi connectivity index (χ1) is 9.27. The normalized spacial score (nSPS) is 11.9. The number of fused-ring (bicyclic) bond motifs is 1. The smallest absolute Gasteiger partial charge is 0.0117 e. The number of rotatable bonds is 2. The first kappa shape index (κ1) is 15.1. The van der Waals surface area contributed by atoms with Crippen LogP contribution in [-0.4, -0.2) is 0 Å². The van der Waals surface area contributed by atoms with E-state index < -0.39 is 0 Å². The molecule has 0 aromatic heterocycles. The quantitative estimate of drug-likeness (QED) is 0.602. The van der Waals surface area contributed by atoms with Gasteiger partial charge >= 0.3 is 0 Å². The molecule has 2 rings (SSSR count).